The van der Waals surface area contributed by atoms with E-state index in [9.17, 15) is 4.79 Å². The number of carbonyl (C=O) groups excluding carboxylic acids is 1. The molecule has 2 aliphatic carbocycles. The van der Waals surface area contributed by atoms with Crippen LogP contribution in [0.2, 0.25) is 0 Å². The summed E-state index contributed by atoms with van der Waals surface area (Å²) in [6.45, 7) is 0.712. The smallest absolute Gasteiger partial charge is 0.267 e. The molecule has 4 nitrogen and oxygen atoms in total. The molecular weight excluding hydrogens is 274 g/mol. The van der Waals surface area contributed by atoms with Gasteiger partial charge >= 0.3 is 0 Å². The first-order valence-corrected chi connectivity index (χ1v) is 7.73. The second-order valence-electron chi connectivity index (χ2n) is 6.20. The minimum Gasteiger partial charge on any atom is -0.350 e. The Morgan fingerprint density at radius 2 is 2.18 bits per heavy atom. The Morgan fingerprint density at radius 1 is 1.32 bits per heavy atom. The van der Waals surface area contributed by atoms with E-state index in [-0.39, 0.29) is 5.91 Å². The van der Waals surface area contributed by atoms with Gasteiger partial charge in [0.1, 0.15) is 17.5 Å². The molecule has 4 rings (SSSR count). The maximum atomic E-state index is 12.1. The van der Waals surface area contributed by atoms with Crippen LogP contribution in [0.4, 0.5) is 0 Å². The summed E-state index contributed by atoms with van der Waals surface area (Å²) >= 11 is 0. The highest BCUT2D eigenvalue weighted by Crippen LogP contribution is 2.59. The lowest BCUT2D eigenvalue weighted by Gasteiger charge is -2.13. The molecule has 2 aliphatic rings. The van der Waals surface area contributed by atoms with Gasteiger partial charge in [-0.25, -0.2) is 0 Å². The molecule has 0 unspecified atom stereocenters. The normalized spacial score (nSPS) is 24.8. The van der Waals surface area contributed by atoms with E-state index < -0.39 is 0 Å². The van der Waals surface area contributed by atoms with Crippen molar-refractivity contribution >= 4 is 5.91 Å². The number of rotatable bonds is 3. The number of carbonyl (C=O) groups is 1. The largest absolute Gasteiger partial charge is 0.350 e. The molecule has 0 bridgehead atoms. The zero-order valence-electron chi connectivity index (χ0n) is 12.2. The highest BCUT2D eigenvalue weighted by atomic mass is 16.1. The molecule has 0 saturated heterocycles. The molecule has 4 heteroatoms. The van der Waals surface area contributed by atoms with Gasteiger partial charge in [-0.3, -0.25) is 4.79 Å². The Kier molecular flexibility index (Phi) is 3.00. The summed E-state index contributed by atoms with van der Waals surface area (Å²) in [7, 11) is 0. The average molecular weight is 291 g/mol. The van der Waals surface area contributed by atoms with Gasteiger partial charge < -0.3 is 10.3 Å². The van der Waals surface area contributed by atoms with Gasteiger partial charge in [0.25, 0.3) is 5.91 Å². The molecule has 110 valence electrons. The van der Waals surface area contributed by atoms with Gasteiger partial charge in [-0.1, -0.05) is 24.3 Å². The first kappa shape index (κ1) is 13.1. The van der Waals surface area contributed by atoms with Gasteiger partial charge in [0.2, 0.25) is 0 Å². The summed E-state index contributed by atoms with van der Waals surface area (Å²) in [5, 5.41) is 11.8. The van der Waals surface area contributed by atoms with Gasteiger partial charge in [0, 0.05) is 6.54 Å². The quantitative estimate of drug-likeness (QED) is 0.912. The van der Waals surface area contributed by atoms with Crippen LogP contribution in [0.5, 0.6) is 0 Å². The average Bonchev–Trinajstić information content (AvgIpc) is 3.06. The molecule has 1 amide bonds. The highest BCUT2D eigenvalue weighted by Gasteiger charge is 2.52. The monoisotopic (exact) mass is 291 g/mol. The van der Waals surface area contributed by atoms with Crippen molar-refractivity contribution in [3.8, 4) is 6.07 Å². The number of amides is 1. The molecular formula is C18H17N3O. The summed E-state index contributed by atoms with van der Waals surface area (Å²) in [5.74, 6) is 1.76. The Labute approximate surface area is 129 Å². The third-order valence-corrected chi connectivity index (χ3v) is 5.04. The molecule has 2 aromatic rings. The number of aromatic amines is 1. The fourth-order valence-electron chi connectivity index (χ4n) is 3.89. The molecule has 3 atom stereocenters. The number of nitrogens with zero attached hydrogens (tertiary/aromatic N) is 1. The summed E-state index contributed by atoms with van der Waals surface area (Å²) in [4.78, 5) is 14.9. The van der Waals surface area contributed by atoms with Crippen LogP contribution in [0.3, 0.4) is 0 Å². The molecule has 0 spiro atoms. The van der Waals surface area contributed by atoms with Gasteiger partial charge in [-0.2, -0.15) is 5.26 Å². The first-order valence-electron chi connectivity index (χ1n) is 7.73. The van der Waals surface area contributed by atoms with Crippen molar-refractivity contribution in [1.29, 1.82) is 5.26 Å². The van der Waals surface area contributed by atoms with Crippen LogP contribution in [-0.4, -0.2) is 17.4 Å². The number of benzene rings is 1. The first-order chi connectivity index (χ1) is 10.8. The number of hydrogen-bond donors (Lipinski definition) is 2. The van der Waals surface area contributed by atoms with E-state index in [0.29, 0.717) is 35.7 Å². The van der Waals surface area contributed by atoms with E-state index in [1.165, 1.54) is 17.5 Å². The molecule has 1 fully saturated rings. The van der Waals surface area contributed by atoms with Gasteiger partial charge in [0.15, 0.2) is 0 Å². The zero-order valence-corrected chi connectivity index (χ0v) is 12.2. The molecule has 22 heavy (non-hydrogen) atoms. The molecule has 0 aliphatic heterocycles. The number of aromatic nitrogens is 1. The summed E-state index contributed by atoms with van der Waals surface area (Å²) in [6.07, 6.45) is 2.38. The predicted molar refractivity (Wildman–Crippen MR) is 82.3 cm³/mol. The highest BCUT2D eigenvalue weighted by molar-refractivity contribution is 5.92. The predicted octanol–water partition coefficient (Wildman–Crippen LogP) is 2.59. The van der Waals surface area contributed by atoms with Crippen LogP contribution in [0, 0.1) is 23.2 Å². The summed E-state index contributed by atoms with van der Waals surface area (Å²) < 4.78 is 0. The lowest BCUT2D eigenvalue weighted by atomic mass is 9.92. The van der Waals surface area contributed by atoms with Crippen molar-refractivity contribution < 1.29 is 4.79 Å². The number of fused-ring (bicyclic) bond motifs is 3. The standard InChI is InChI=1S/C18H17N3O/c19-9-12-6-8-16(21-12)18(22)20-10-15-14-7-5-11-3-1-2-4-13(11)17(14)15/h1-4,6,8,14-15,17,21H,5,7,10H2,(H,20,22)/t14-,15-,17+/m1/s1. The van der Waals surface area contributed by atoms with Crippen molar-refractivity contribution in [3.63, 3.8) is 0 Å². The van der Waals surface area contributed by atoms with Crippen molar-refractivity contribution in [2.45, 2.75) is 18.8 Å². The van der Waals surface area contributed by atoms with E-state index in [2.05, 4.69) is 34.6 Å². The van der Waals surface area contributed by atoms with Crippen molar-refractivity contribution in [2.75, 3.05) is 6.54 Å². The van der Waals surface area contributed by atoms with Gasteiger partial charge in [-0.05, 0) is 53.9 Å². The molecule has 1 aromatic carbocycles. The fourth-order valence-corrected chi connectivity index (χ4v) is 3.89. The van der Waals surface area contributed by atoms with Crippen molar-refractivity contribution in [3.05, 3.63) is 58.9 Å². The van der Waals surface area contributed by atoms with Crippen LogP contribution < -0.4 is 5.32 Å². The topological polar surface area (TPSA) is 68.7 Å². The van der Waals surface area contributed by atoms with E-state index >= 15 is 0 Å². The molecule has 1 saturated carbocycles. The Bertz CT molecular complexity index is 771. The van der Waals surface area contributed by atoms with Crippen molar-refractivity contribution in [2.24, 2.45) is 11.8 Å². The lowest BCUT2D eigenvalue weighted by molar-refractivity contribution is 0.0946. The van der Waals surface area contributed by atoms with Crippen LogP contribution in [0.1, 0.15) is 39.6 Å². The van der Waals surface area contributed by atoms with E-state index in [1.54, 1.807) is 12.1 Å². The number of H-pyrrole nitrogens is 1. The minimum absolute atomic E-state index is 0.126. The summed E-state index contributed by atoms with van der Waals surface area (Å²) in [5.41, 5.74) is 3.82. The minimum atomic E-state index is -0.126. The second-order valence-corrected chi connectivity index (χ2v) is 6.20. The molecule has 1 heterocycles. The van der Waals surface area contributed by atoms with E-state index in [0.717, 1.165) is 6.42 Å². The van der Waals surface area contributed by atoms with Gasteiger partial charge in [-0.15, -0.1) is 0 Å². The maximum Gasteiger partial charge on any atom is 0.267 e. The van der Waals surface area contributed by atoms with Crippen LogP contribution in [0.15, 0.2) is 36.4 Å². The van der Waals surface area contributed by atoms with Crippen LogP contribution >= 0.6 is 0 Å². The fraction of sp³-hybridized carbons (Fsp3) is 0.333. The Balaban J connectivity index is 1.40. The molecule has 0 radical (unpaired) electrons. The molecule has 1 aromatic heterocycles. The number of hydrogen-bond acceptors (Lipinski definition) is 2. The molecule has 2 N–H and O–H groups in total. The van der Waals surface area contributed by atoms with Crippen molar-refractivity contribution in [1.82, 2.24) is 10.3 Å². The Morgan fingerprint density at radius 3 is 3.00 bits per heavy atom. The second kappa shape index (κ2) is 5.03. The number of nitriles is 1. The van der Waals surface area contributed by atoms with Crippen LogP contribution in [0.25, 0.3) is 0 Å². The number of aryl methyl sites for hydroxylation is 1. The lowest BCUT2D eigenvalue weighted by Crippen LogP contribution is -2.26. The van der Waals surface area contributed by atoms with E-state index in [4.69, 9.17) is 5.26 Å². The maximum absolute atomic E-state index is 12.1. The third kappa shape index (κ3) is 2.10. The SMILES string of the molecule is N#Cc1ccc(C(=O)NC[C@@H]2[C@H]3CCc4ccccc4[C@@H]32)[nH]1. The number of nitrogens with one attached hydrogen (secondary N) is 2. The summed E-state index contributed by atoms with van der Waals surface area (Å²) in [6, 6.07) is 14.0. The zero-order chi connectivity index (χ0) is 15.1. The van der Waals surface area contributed by atoms with E-state index in [1.807, 2.05) is 6.07 Å². The van der Waals surface area contributed by atoms with Gasteiger partial charge in [0.05, 0.1) is 0 Å². The third-order valence-electron chi connectivity index (χ3n) is 5.04. The Hall–Kier alpha value is -2.54. The van der Waals surface area contributed by atoms with Crippen LogP contribution in [-0.2, 0) is 6.42 Å².